The lowest BCUT2D eigenvalue weighted by molar-refractivity contribution is 0.0741. The Bertz CT molecular complexity index is 1190. The molecule has 140 valence electrons. The Kier molecular flexibility index (Phi) is 4.12. The summed E-state index contributed by atoms with van der Waals surface area (Å²) in [7, 11) is 0. The summed E-state index contributed by atoms with van der Waals surface area (Å²) in [5, 5.41) is 0.859. The van der Waals surface area contributed by atoms with Crippen molar-refractivity contribution in [2.24, 2.45) is 0 Å². The summed E-state index contributed by atoms with van der Waals surface area (Å²) in [6.07, 6.45) is 1.54. The van der Waals surface area contributed by atoms with Gasteiger partial charge in [-0.05, 0) is 30.3 Å². The number of rotatable bonds is 2. The smallest absolute Gasteiger partial charge is 0.274 e. The molecule has 1 aliphatic rings. The van der Waals surface area contributed by atoms with Crippen LogP contribution in [-0.4, -0.2) is 51.9 Å². The Balaban J connectivity index is 1.30. The van der Waals surface area contributed by atoms with Gasteiger partial charge < -0.3 is 9.80 Å². The number of piperazine rings is 1. The molecule has 5 rings (SSSR count). The van der Waals surface area contributed by atoms with Crippen LogP contribution in [0.3, 0.4) is 0 Å². The van der Waals surface area contributed by atoms with Gasteiger partial charge in [0.25, 0.3) is 5.91 Å². The predicted molar refractivity (Wildman–Crippen MR) is 107 cm³/mol. The van der Waals surface area contributed by atoms with Crippen LogP contribution in [0.4, 0.5) is 9.52 Å². The highest BCUT2D eigenvalue weighted by molar-refractivity contribution is 7.22. The van der Waals surface area contributed by atoms with E-state index in [2.05, 4.69) is 19.9 Å². The second-order valence-corrected chi connectivity index (χ2v) is 7.64. The van der Waals surface area contributed by atoms with Gasteiger partial charge in [-0.1, -0.05) is 23.5 Å². The molecule has 4 aromatic rings. The van der Waals surface area contributed by atoms with E-state index >= 15 is 0 Å². The van der Waals surface area contributed by atoms with Gasteiger partial charge in [0, 0.05) is 26.2 Å². The Morgan fingerprint density at radius 1 is 0.964 bits per heavy atom. The van der Waals surface area contributed by atoms with Gasteiger partial charge >= 0.3 is 0 Å². The second-order valence-electron chi connectivity index (χ2n) is 6.63. The molecule has 1 fully saturated rings. The molecule has 0 atom stereocenters. The average Bonchev–Trinajstić information content (AvgIpc) is 3.16. The van der Waals surface area contributed by atoms with Crippen LogP contribution in [0.5, 0.6) is 0 Å². The van der Waals surface area contributed by atoms with Crippen molar-refractivity contribution in [3.63, 3.8) is 0 Å². The number of amides is 1. The number of para-hydroxylation sites is 2. The molecular formula is C20H16FN5OS. The first-order valence-electron chi connectivity index (χ1n) is 8.99. The fourth-order valence-electron chi connectivity index (χ4n) is 3.34. The van der Waals surface area contributed by atoms with Crippen LogP contribution < -0.4 is 4.90 Å². The number of halogens is 1. The summed E-state index contributed by atoms with van der Waals surface area (Å²) in [6.45, 7) is 2.51. The van der Waals surface area contributed by atoms with Crippen LogP contribution in [0.25, 0.3) is 21.3 Å². The molecule has 0 N–H and O–H groups in total. The highest BCUT2D eigenvalue weighted by Crippen LogP contribution is 2.30. The van der Waals surface area contributed by atoms with Gasteiger partial charge in [0.15, 0.2) is 5.13 Å². The zero-order valence-corrected chi connectivity index (χ0v) is 15.7. The van der Waals surface area contributed by atoms with E-state index in [9.17, 15) is 9.18 Å². The molecule has 8 heteroatoms. The van der Waals surface area contributed by atoms with Crippen molar-refractivity contribution < 1.29 is 9.18 Å². The van der Waals surface area contributed by atoms with Crippen molar-refractivity contribution >= 4 is 43.6 Å². The van der Waals surface area contributed by atoms with Crippen molar-refractivity contribution in [1.29, 1.82) is 0 Å². The predicted octanol–water partition coefficient (Wildman–Crippen LogP) is 3.34. The summed E-state index contributed by atoms with van der Waals surface area (Å²) in [5.41, 5.74) is 2.65. The standard InChI is InChI=1S/C20H16FN5OS/c21-13-5-6-16-18(11-13)28-20(24-16)26-9-7-25(8-10-26)19(27)17-12-22-14-3-1-2-4-15(14)23-17/h1-6,11-12H,7-10H2. The number of nitrogens with zero attached hydrogens (tertiary/aromatic N) is 5. The van der Waals surface area contributed by atoms with Gasteiger partial charge in [0.05, 0.1) is 27.4 Å². The summed E-state index contributed by atoms with van der Waals surface area (Å²) in [4.78, 5) is 30.1. The fourth-order valence-corrected chi connectivity index (χ4v) is 4.39. The van der Waals surface area contributed by atoms with Crippen LogP contribution in [0.1, 0.15) is 10.5 Å². The van der Waals surface area contributed by atoms with E-state index in [4.69, 9.17) is 0 Å². The molecule has 0 radical (unpaired) electrons. The monoisotopic (exact) mass is 393 g/mol. The number of thiazole rings is 1. The van der Waals surface area contributed by atoms with Gasteiger partial charge in [0.1, 0.15) is 11.5 Å². The van der Waals surface area contributed by atoms with Crippen LogP contribution in [0.15, 0.2) is 48.7 Å². The van der Waals surface area contributed by atoms with Crippen LogP contribution in [0, 0.1) is 5.82 Å². The first-order chi connectivity index (χ1) is 13.7. The van der Waals surface area contributed by atoms with E-state index in [0.717, 1.165) is 20.9 Å². The first kappa shape index (κ1) is 17.0. The maximum atomic E-state index is 13.4. The van der Waals surface area contributed by atoms with E-state index in [0.29, 0.717) is 37.4 Å². The van der Waals surface area contributed by atoms with Crippen molar-refractivity contribution in [2.75, 3.05) is 31.1 Å². The Hall–Kier alpha value is -3.13. The number of benzene rings is 2. The van der Waals surface area contributed by atoms with Crippen molar-refractivity contribution in [3.8, 4) is 0 Å². The number of aromatic nitrogens is 3. The number of carbonyl (C=O) groups excluding carboxylic acids is 1. The minimum absolute atomic E-state index is 0.107. The molecule has 6 nitrogen and oxygen atoms in total. The minimum Gasteiger partial charge on any atom is -0.345 e. The Morgan fingerprint density at radius 2 is 1.75 bits per heavy atom. The minimum atomic E-state index is -0.255. The normalized spacial score (nSPS) is 14.8. The fraction of sp³-hybridized carbons (Fsp3) is 0.200. The molecule has 0 spiro atoms. The van der Waals surface area contributed by atoms with Gasteiger partial charge in [-0.25, -0.2) is 14.4 Å². The third-order valence-corrected chi connectivity index (χ3v) is 5.92. The van der Waals surface area contributed by atoms with Crippen molar-refractivity contribution in [1.82, 2.24) is 19.9 Å². The van der Waals surface area contributed by atoms with E-state index in [1.807, 2.05) is 24.3 Å². The van der Waals surface area contributed by atoms with E-state index in [1.165, 1.54) is 23.5 Å². The molecule has 1 saturated heterocycles. The molecule has 0 saturated carbocycles. The van der Waals surface area contributed by atoms with Crippen molar-refractivity contribution in [2.45, 2.75) is 0 Å². The average molecular weight is 393 g/mol. The lowest BCUT2D eigenvalue weighted by atomic mass is 10.2. The lowest BCUT2D eigenvalue weighted by Crippen LogP contribution is -2.49. The quantitative estimate of drug-likeness (QED) is 0.523. The Labute approximate surface area is 164 Å². The third kappa shape index (κ3) is 3.05. The number of anilines is 1. The molecule has 0 unspecified atom stereocenters. The Morgan fingerprint density at radius 3 is 2.57 bits per heavy atom. The van der Waals surface area contributed by atoms with Gasteiger partial charge in [0.2, 0.25) is 0 Å². The largest absolute Gasteiger partial charge is 0.345 e. The van der Waals surface area contributed by atoms with Gasteiger partial charge in [-0.2, -0.15) is 0 Å². The summed E-state index contributed by atoms with van der Waals surface area (Å²) >= 11 is 1.47. The summed E-state index contributed by atoms with van der Waals surface area (Å²) in [5.74, 6) is -0.362. The molecule has 28 heavy (non-hydrogen) atoms. The molecule has 0 aliphatic carbocycles. The molecule has 0 bridgehead atoms. The maximum Gasteiger partial charge on any atom is 0.274 e. The summed E-state index contributed by atoms with van der Waals surface area (Å²) < 4.78 is 14.2. The van der Waals surface area contributed by atoms with Crippen molar-refractivity contribution in [3.05, 3.63) is 60.2 Å². The van der Waals surface area contributed by atoms with Crippen LogP contribution >= 0.6 is 11.3 Å². The molecular weight excluding hydrogens is 377 g/mol. The topological polar surface area (TPSA) is 62.2 Å². The number of hydrogen-bond acceptors (Lipinski definition) is 6. The van der Waals surface area contributed by atoms with Crippen LogP contribution in [-0.2, 0) is 0 Å². The SMILES string of the molecule is O=C(c1cnc2ccccc2n1)N1CCN(c2nc3ccc(F)cc3s2)CC1. The number of hydrogen-bond donors (Lipinski definition) is 0. The third-order valence-electron chi connectivity index (χ3n) is 4.84. The molecule has 3 heterocycles. The number of fused-ring (bicyclic) bond motifs is 2. The van der Waals surface area contributed by atoms with Gasteiger partial charge in [-0.3, -0.25) is 9.78 Å². The van der Waals surface area contributed by atoms with Gasteiger partial charge in [-0.15, -0.1) is 0 Å². The highest BCUT2D eigenvalue weighted by Gasteiger charge is 2.25. The zero-order chi connectivity index (χ0) is 19.1. The zero-order valence-electron chi connectivity index (χ0n) is 14.9. The van der Waals surface area contributed by atoms with E-state index in [-0.39, 0.29) is 11.7 Å². The first-order valence-corrected chi connectivity index (χ1v) is 9.81. The highest BCUT2D eigenvalue weighted by atomic mass is 32.1. The molecule has 1 amide bonds. The second kappa shape index (κ2) is 6.79. The maximum absolute atomic E-state index is 13.4. The summed E-state index contributed by atoms with van der Waals surface area (Å²) in [6, 6.07) is 12.1. The molecule has 2 aromatic carbocycles. The lowest BCUT2D eigenvalue weighted by Gasteiger charge is -2.34. The molecule has 1 aliphatic heterocycles. The molecule has 2 aromatic heterocycles. The van der Waals surface area contributed by atoms with E-state index < -0.39 is 0 Å². The van der Waals surface area contributed by atoms with Crippen LogP contribution in [0.2, 0.25) is 0 Å². The van der Waals surface area contributed by atoms with E-state index in [1.54, 1.807) is 17.2 Å². The number of carbonyl (C=O) groups is 1.